The van der Waals surface area contributed by atoms with Crippen LogP contribution >= 0.6 is 15.9 Å². The molecule has 0 bridgehead atoms. The van der Waals surface area contributed by atoms with Gasteiger partial charge in [0.15, 0.2) is 0 Å². The molecule has 166 valence electrons. The molecule has 3 aromatic rings. The second-order valence-electron chi connectivity index (χ2n) is 7.39. The van der Waals surface area contributed by atoms with E-state index >= 15 is 0 Å². The molecule has 0 saturated carbocycles. The Bertz CT molecular complexity index is 1080. The quantitative estimate of drug-likeness (QED) is 0.518. The van der Waals surface area contributed by atoms with Crippen molar-refractivity contribution in [2.24, 2.45) is 0 Å². The zero-order valence-corrected chi connectivity index (χ0v) is 19.0. The number of aryl methyl sites for hydroxylation is 1. The molecule has 2 N–H and O–H groups in total. The van der Waals surface area contributed by atoms with Crippen molar-refractivity contribution in [3.05, 3.63) is 71.2 Å². The van der Waals surface area contributed by atoms with E-state index in [1.807, 2.05) is 29.0 Å². The summed E-state index contributed by atoms with van der Waals surface area (Å²) in [6.45, 7) is 3.40. The summed E-state index contributed by atoms with van der Waals surface area (Å²) in [7, 11) is 0. The van der Waals surface area contributed by atoms with Crippen molar-refractivity contribution < 1.29 is 14.3 Å². The first kappa shape index (κ1) is 22.0. The Morgan fingerprint density at radius 1 is 1.09 bits per heavy atom. The molecular formula is C23H24BrN5O3. The fraction of sp³-hybridized carbons (Fsp3) is 0.261. The van der Waals surface area contributed by atoms with E-state index in [0.29, 0.717) is 37.4 Å². The van der Waals surface area contributed by atoms with Crippen LogP contribution < -0.4 is 15.5 Å². The maximum atomic E-state index is 13.0. The second-order valence-corrected chi connectivity index (χ2v) is 8.31. The number of carbonyl (C=O) groups excluding carboxylic acids is 2. The molecule has 0 atom stereocenters. The number of nitrogens with zero attached hydrogens (tertiary/aromatic N) is 3. The SMILES string of the molecule is O=C(CCn1ccnc1)Nc1cccc(C(=O)Nc2cc(Br)ccc2N2CCOCC2)c1. The molecule has 8 nitrogen and oxygen atoms in total. The van der Waals surface area contributed by atoms with E-state index in [2.05, 4.69) is 36.4 Å². The third-order valence-corrected chi connectivity index (χ3v) is 5.62. The van der Waals surface area contributed by atoms with Crippen LogP contribution in [0.25, 0.3) is 0 Å². The summed E-state index contributed by atoms with van der Waals surface area (Å²) < 4.78 is 8.16. The number of nitrogens with one attached hydrogen (secondary N) is 2. The number of amides is 2. The highest BCUT2D eigenvalue weighted by Gasteiger charge is 2.17. The summed E-state index contributed by atoms with van der Waals surface area (Å²) >= 11 is 3.49. The zero-order valence-electron chi connectivity index (χ0n) is 17.5. The standard InChI is InChI=1S/C23H24BrN5O3/c24-18-4-5-21(29-10-12-32-13-11-29)20(15-18)27-23(31)17-2-1-3-19(14-17)26-22(30)6-8-28-9-7-25-16-28/h1-5,7,9,14-16H,6,8,10-13H2,(H,26,30)(H,27,31). The van der Waals surface area contributed by atoms with Gasteiger partial charge in [-0.25, -0.2) is 4.98 Å². The predicted octanol–water partition coefficient (Wildman–Crippen LogP) is 3.76. The normalized spacial score (nSPS) is 13.6. The first-order valence-corrected chi connectivity index (χ1v) is 11.2. The lowest BCUT2D eigenvalue weighted by Gasteiger charge is -2.30. The van der Waals surface area contributed by atoms with E-state index in [9.17, 15) is 9.59 Å². The molecule has 1 aliphatic heterocycles. The van der Waals surface area contributed by atoms with Crippen LogP contribution in [0.5, 0.6) is 0 Å². The van der Waals surface area contributed by atoms with Crippen LogP contribution in [-0.2, 0) is 16.1 Å². The summed E-state index contributed by atoms with van der Waals surface area (Å²) in [5.41, 5.74) is 2.72. The molecule has 32 heavy (non-hydrogen) atoms. The van der Waals surface area contributed by atoms with Crippen LogP contribution in [-0.4, -0.2) is 47.7 Å². The van der Waals surface area contributed by atoms with E-state index < -0.39 is 0 Å². The Morgan fingerprint density at radius 2 is 1.94 bits per heavy atom. The van der Waals surface area contributed by atoms with Crippen molar-refractivity contribution in [3.63, 3.8) is 0 Å². The number of anilines is 3. The summed E-state index contributed by atoms with van der Waals surface area (Å²) in [5, 5.41) is 5.87. The Morgan fingerprint density at radius 3 is 2.72 bits per heavy atom. The third kappa shape index (κ3) is 5.74. The minimum absolute atomic E-state index is 0.127. The molecule has 1 aromatic heterocycles. The van der Waals surface area contributed by atoms with E-state index in [1.165, 1.54) is 0 Å². The van der Waals surface area contributed by atoms with Gasteiger partial charge in [0.25, 0.3) is 5.91 Å². The number of aromatic nitrogens is 2. The smallest absolute Gasteiger partial charge is 0.255 e. The summed E-state index contributed by atoms with van der Waals surface area (Å²) in [6.07, 6.45) is 5.47. The molecule has 0 aliphatic carbocycles. The molecule has 0 unspecified atom stereocenters. The summed E-state index contributed by atoms with van der Waals surface area (Å²) in [5.74, 6) is -0.370. The van der Waals surface area contributed by atoms with Gasteiger partial charge in [0.05, 0.1) is 30.9 Å². The minimum atomic E-state index is -0.243. The molecule has 0 spiro atoms. The third-order valence-electron chi connectivity index (χ3n) is 5.12. The van der Waals surface area contributed by atoms with E-state index in [0.717, 1.165) is 28.9 Å². The van der Waals surface area contributed by atoms with Crippen molar-refractivity contribution in [1.82, 2.24) is 9.55 Å². The lowest BCUT2D eigenvalue weighted by molar-refractivity contribution is -0.116. The fourth-order valence-corrected chi connectivity index (χ4v) is 3.86. The fourth-order valence-electron chi connectivity index (χ4n) is 3.49. The lowest BCUT2D eigenvalue weighted by Crippen LogP contribution is -2.36. The predicted molar refractivity (Wildman–Crippen MR) is 127 cm³/mol. The van der Waals surface area contributed by atoms with E-state index in [4.69, 9.17) is 4.74 Å². The average molecular weight is 498 g/mol. The van der Waals surface area contributed by atoms with Crippen LogP contribution in [0.1, 0.15) is 16.8 Å². The molecule has 1 fully saturated rings. The number of imidazole rings is 1. The Balaban J connectivity index is 1.43. The first-order valence-electron chi connectivity index (χ1n) is 10.4. The van der Waals surface area contributed by atoms with Crippen molar-refractivity contribution in [1.29, 1.82) is 0 Å². The summed E-state index contributed by atoms with van der Waals surface area (Å²) in [6, 6.07) is 12.8. The van der Waals surface area contributed by atoms with Gasteiger partial charge in [-0.15, -0.1) is 0 Å². The molecule has 2 amide bonds. The second kappa shape index (κ2) is 10.4. The number of hydrogen-bond donors (Lipinski definition) is 2. The first-order chi connectivity index (χ1) is 15.6. The molecular weight excluding hydrogens is 474 g/mol. The topological polar surface area (TPSA) is 88.5 Å². The van der Waals surface area contributed by atoms with Gasteiger partial charge in [-0.1, -0.05) is 22.0 Å². The van der Waals surface area contributed by atoms with Crippen LogP contribution in [0.4, 0.5) is 17.1 Å². The number of morpholine rings is 1. The average Bonchev–Trinajstić information content (AvgIpc) is 3.32. The highest BCUT2D eigenvalue weighted by Crippen LogP contribution is 2.30. The Kier molecular flexibility index (Phi) is 7.18. The number of halogens is 1. The van der Waals surface area contributed by atoms with Gasteiger partial charge in [-0.3, -0.25) is 9.59 Å². The van der Waals surface area contributed by atoms with Crippen LogP contribution in [0.2, 0.25) is 0 Å². The maximum absolute atomic E-state index is 13.0. The van der Waals surface area contributed by atoms with Crippen molar-refractivity contribution in [2.75, 3.05) is 41.8 Å². The van der Waals surface area contributed by atoms with Gasteiger partial charge in [-0.2, -0.15) is 0 Å². The largest absolute Gasteiger partial charge is 0.378 e. The van der Waals surface area contributed by atoms with Crippen molar-refractivity contribution in [2.45, 2.75) is 13.0 Å². The van der Waals surface area contributed by atoms with Crippen molar-refractivity contribution >= 4 is 44.8 Å². The number of ether oxygens (including phenoxy) is 1. The van der Waals surface area contributed by atoms with Crippen molar-refractivity contribution in [3.8, 4) is 0 Å². The van der Waals surface area contributed by atoms with E-state index in [1.54, 1.807) is 36.8 Å². The Hall–Kier alpha value is -3.17. The van der Waals surface area contributed by atoms with E-state index in [-0.39, 0.29) is 11.8 Å². The van der Waals surface area contributed by atoms with Gasteiger partial charge in [0.2, 0.25) is 5.91 Å². The highest BCUT2D eigenvalue weighted by molar-refractivity contribution is 9.10. The molecule has 2 aromatic carbocycles. The van der Waals surface area contributed by atoms with Gasteiger partial charge in [0.1, 0.15) is 0 Å². The van der Waals surface area contributed by atoms with Gasteiger partial charge in [0, 0.05) is 54.2 Å². The highest BCUT2D eigenvalue weighted by atomic mass is 79.9. The van der Waals surface area contributed by atoms with Gasteiger partial charge < -0.3 is 24.8 Å². The van der Waals surface area contributed by atoms with Crippen LogP contribution in [0.15, 0.2) is 65.7 Å². The molecule has 0 radical (unpaired) electrons. The molecule has 9 heteroatoms. The van der Waals surface area contributed by atoms with Gasteiger partial charge in [-0.05, 0) is 36.4 Å². The van der Waals surface area contributed by atoms with Crippen LogP contribution in [0, 0.1) is 0 Å². The number of rotatable bonds is 7. The van der Waals surface area contributed by atoms with Crippen LogP contribution in [0.3, 0.4) is 0 Å². The molecule has 2 heterocycles. The number of carbonyl (C=O) groups is 2. The Labute approximate surface area is 194 Å². The maximum Gasteiger partial charge on any atom is 0.255 e. The molecule has 4 rings (SSSR count). The zero-order chi connectivity index (χ0) is 22.3. The summed E-state index contributed by atoms with van der Waals surface area (Å²) in [4.78, 5) is 31.4. The van der Waals surface area contributed by atoms with Gasteiger partial charge >= 0.3 is 0 Å². The lowest BCUT2D eigenvalue weighted by atomic mass is 10.1. The molecule has 1 saturated heterocycles. The number of hydrogen-bond acceptors (Lipinski definition) is 5. The number of benzene rings is 2. The monoisotopic (exact) mass is 497 g/mol. The molecule has 1 aliphatic rings. The minimum Gasteiger partial charge on any atom is -0.378 e.